The van der Waals surface area contributed by atoms with Crippen molar-refractivity contribution < 1.29 is 9.47 Å². The zero-order valence-electron chi connectivity index (χ0n) is 15.4. The maximum Gasteiger partial charge on any atom is 0.214 e. The third-order valence-electron chi connectivity index (χ3n) is 4.48. The van der Waals surface area contributed by atoms with Crippen molar-refractivity contribution in [3.05, 3.63) is 67.0 Å². The SMILES string of the molecule is COc1ccc(-c2ccc(Oc3cncc4sc(-c5nn[nH]n5)cc34)cc2)cc1. The summed E-state index contributed by atoms with van der Waals surface area (Å²) in [5, 5.41) is 15.1. The minimum Gasteiger partial charge on any atom is -0.497 e. The van der Waals surface area contributed by atoms with Crippen LogP contribution in [0.1, 0.15) is 0 Å². The van der Waals surface area contributed by atoms with Gasteiger partial charge in [-0.05, 0) is 46.7 Å². The first-order valence-electron chi connectivity index (χ1n) is 8.84. The molecule has 0 saturated heterocycles. The van der Waals surface area contributed by atoms with E-state index in [9.17, 15) is 0 Å². The van der Waals surface area contributed by atoms with E-state index < -0.39 is 0 Å². The average molecular weight is 401 g/mol. The third-order valence-corrected chi connectivity index (χ3v) is 5.55. The highest BCUT2D eigenvalue weighted by Crippen LogP contribution is 2.37. The van der Waals surface area contributed by atoms with Gasteiger partial charge in [-0.25, -0.2) is 0 Å². The Balaban J connectivity index is 1.41. The zero-order chi connectivity index (χ0) is 19.6. The predicted molar refractivity (Wildman–Crippen MR) is 111 cm³/mol. The van der Waals surface area contributed by atoms with Gasteiger partial charge in [-0.2, -0.15) is 5.21 Å². The first kappa shape index (κ1) is 17.3. The van der Waals surface area contributed by atoms with Crippen molar-refractivity contribution >= 4 is 21.4 Å². The van der Waals surface area contributed by atoms with Crippen molar-refractivity contribution in [3.63, 3.8) is 0 Å². The Labute approximate surface area is 170 Å². The van der Waals surface area contributed by atoms with Gasteiger partial charge in [0.15, 0.2) is 5.75 Å². The molecule has 8 heteroatoms. The molecule has 3 aromatic heterocycles. The summed E-state index contributed by atoms with van der Waals surface area (Å²) in [6.07, 6.45) is 3.52. The van der Waals surface area contributed by atoms with E-state index in [2.05, 4.69) is 25.6 Å². The number of rotatable bonds is 5. The number of tetrazole rings is 1. The molecule has 0 radical (unpaired) electrons. The molecule has 0 saturated carbocycles. The number of benzene rings is 2. The molecule has 0 bridgehead atoms. The number of fused-ring (bicyclic) bond motifs is 1. The molecule has 3 heterocycles. The van der Waals surface area contributed by atoms with Gasteiger partial charge in [-0.3, -0.25) is 4.98 Å². The number of hydrogen-bond acceptors (Lipinski definition) is 7. The van der Waals surface area contributed by atoms with E-state index in [-0.39, 0.29) is 0 Å². The highest BCUT2D eigenvalue weighted by Gasteiger charge is 2.13. The van der Waals surface area contributed by atoms with Crippen molar-refractivity contribution in [1.29, 1.82) is 0 Å². The summed E-state index contributed by atoms with van der Waals surface area (Å²) in [5.74, 6) is 2.82. The zero-order valence-corrected chi connectivity index (χ0v) is 16.2. The molecule has 5 aromatic rings. The average Bonchev–Trinajstić information content (AvgIpc) is 3.45. The normalized spacial score (nSPS) is 10.9. The molecular weight excluding hydrogens is 386 g/mol. The van der Waals surface area contributed by atoms with Gasteiger partial charge in [-0.15, -0.1) is 21.5 Å². The Morgan fingerprint density at radius 3 is 2.28 bits per heavy atom. The summed E-state index contributed by atoms with van der Waals surface area (Å²) < 4.78 is 12.3. The van der Waals surface area contributed by atoms with Gasteiger partial charge in [0.1, 0.15) is 11.5 Å². The van der Waals surface area contributed by atoms with Crippen LogP contribution in [-0.2, 0) is 0 Å². The topological polar surface area (TPSA) is 85.8 Å². The number of hydrogen-bond donors (Lipinski definition) is 1. The Morgan fingerprint density at radius 2 is 1.62 bits per heavy atom. The van der Waals surface area contributed by atoms with Crippen LogP contribution in [0.5, 0.6) is 17.2 Å². The van der Waals surface area contributed by atoms with Crippen molar-refractivity contribution in [2.45, 2.75) is 0 Å². The molecule has 0 aliphatic heterocycles. The van der Waals surface area contributed by atoms with E-state index >= 15 is 0 Å². The second-order valence-corrected chi connectivity index (χ2v) is 7.33. The van der Waals surface area contributed by atoms with E-state index in [4.69, 9.17) is 9.47 Å². The molecule has 0 atom stereocenters. The molecule has 2 aromatic carbocycles. The van der Waals surface area contributed by atoms with Gasteiger partial charge < -0.3 is 9.47 Å². The van der Waals surface area contributed by atoms with Crippen LogP contribution in [0.15, 0.2) is 67.0 Å². The van der Waals surface area contributed by atoms with Gasteiger partial charge in [0.2, 0.25) is 5.82 Å². The minimum atomic E-state index is 0.556. The second-order valence-electron chi connectivity index (χ2n) is 6.25. The highest BCUT2D eigenvalue weighted by molar-refractivity contribution is 7.22. The van der Waals surface area contributed by atoms with Gasteiger partial charge in [-0.1, -0.05) is 24.3 Å². The number of thiophene rings is 1. The molecule has 0 aliphatic carbocycles. The smallest absolute Gasteiger partial charge is 0.214 e. The van der Waals surface area contributed by atoms with Crippen molar-refractivity contribution in [2.24, 2.45) is 0 Å². The first-order chi connectivity index (χ1) is 14.3. The van der Waals surface area contributed by atoms with E-state index in [0.717, 1.165) is 37.6 Å². The van der Waals surface area contributed by atoms with Crippen LogP contribution in [-0.4, -0.2) is 32.7 Å². The molecule has 0 fully saturated rings. The van der Waals surface area contributed by atoms with Crippen molar-refractivity contribution in [2.75, 3.05) is 7.11 Å². The monoisotopic (exact) mass is 401 g/mol. The molecule has 29 heavy (non-hydrogen) atoms. The van der Waals surface area contributed by atoms with Gasteiger partial charge in [0, 0.05) is 11.6 Å². The fraction of sp³-hybridized carbons (Fsp3) is 0.0476. The largest absolute Gasteiger partial charge is 0.497 e. The lowest BCUT2D eigenvalue weighted by Gasteiger charge is -2.08. The van der Waals surface area contributed by atoms with Crippen LogP contribution in [0.2, 0.25) is 0 Å². The summed E-state index contributed by atoms with van der Waals surface area (Å²) in [5.41, 5.74) is 2.22. The van der Waals surface area contributed by atoms with Crippen LogP contribution in [0.25, 0.3) is 31.9 Å². The first-order valence-corrected chi connectivity index (χ1v) is 9.65. The molecule has 0 unspecified atom stereocenters. The number of methoxy groups -OCH3 is 1. The molecule has 1 N–H and O–H groups in total. The van der Waals surface area contributed by atoms with Crippen LogP contribution in [0.3, 0.4) is 0 Å². The number of ether oxygens (including phenoxy) is 2. The van der Waals surface area contributed by atoms with Crippen LogP contribution in [0.4, 0.5) is 0 Å². The van der Waals surface area contributed by atoms with E-state index in [0.29, 0.717) is 11.6 Å². The number of aromatic amines is 1. The number of aromatic nitrogens is 5. The summed E-state index contributed by atoms with van der Waals surface area (Å²) in [4.78, 5) is 5.20. The summed E-state index contributed by atoms with van der Waals surface area (Å²) in [6, 6.07) is 17.9. The number of nitrogens with zero attached hydrogens (tertiary/aromatic N) is 4. The quantitative estimate of drug-likeness (QED) is 0.449. The third kappa shape index (κ3) is 3.41. The highest BCUT2D eigenvalue weighted by atomic mass is 32.1. The minimum absolute atomic E-state index is 0.556. The molecule has 0 aliphatic rings. The number of pyridine rings is 1. The fourth-order valence-electron chi connectivity index (χ4n) is 3.02. The molecule has 0 spiro atoms. The van der Waals surface area contributed by atoms with Gasteiger partial charge in [0.05, 0.1) is 22.9 Å². The Kier molecular flexibility index (Phi) is 4.38. The maximum absolute atomic E-state index is 6.11. The molecule has 0 amide bonds. The van der Waals surface area contributed by atoms with E-state index in [1.54, 1.807) is 24.6 Å². The lowest BCUT2D eigenvalue weighted by molar-refractivity contribution is 0.415. The van der Waals surface area contributed by atoms with Crippen molar-refractivity contribution in [3.8, 4) is 39.1 Å². The molecule has 7 nitrogen and oxygen atoms in total. The Morgan fingerprint density at radius 1 is 0.897 bits per heavy atom. The van der Waals surface area contributed by atoms with Crippen LogP contribution >= 0.6 is 11.3 Å². The fourth-order valence-corrected chi connectivity index (χ4v) is 3.99. The standard InChI is InChI=1S/C21H15N5O2S/c1-27-15-6-2-13(3-7-15)14-4-8-16(9-5-14)28-18-11-22-12-20-17(18)10-19(29-20)21-23-25-26-24-21/h2-12H,1H3,(H,23,24,25,26). The van der Waals surface area contributed by atoms with E-state index in [1.165, 1.54) is 0 Å². The lowest BCUT2D eigenvalue weighted by atomic mass is 10.1. The lowest BCUT2D eigenvalue weighted by Crippen LogP contribution is -1.87. The number of nitrogens with one attached hydrogen (secondary N) is 1. The summed E-state index contributed by atoms with van der Waals surface area (Å²) in [7, 11) is 1.66. The maximum atomic E-state index is 6.11. The molecular formula is C21H15N5O2S. The van der Waals surface area contributed by atoms with Gasteiger partial charge >= 0.3 is 0 Å². The molecule has 142 valence electrons. The predicted octanol–water partition coefficient (Wildman–Crippen LogP) is 4.94. The Hall–Kier alpha value is -3.78. The van der Waals surface area contributed by atoms with Crippen LogP contribution < -0.4 is 9.47 Å². The molecule has 5 rings (SSSR count). The summed E-state index contributed by atoms with van der Waals surface area (Å²) >= 11 is 1.54. The van der Waals surface area contributed by atoms with E-state index in [1.807, 2.05) is 60.8 Å². The van der Waals surface area contributed by atoms with Crippen molar-refractivity contribution in [1.82, 2.24) is 25.6 Å². The summed E-state index contributed by atoms with van der Waals surface area (Å²) in [6.45, 7) is 0. The Bertz CT molecular complexity index is 1250. The second kappa shape index (κ2) is 7.33. The van der Waals surface area contributed by atoms with Crippen LogP contribution in [0, 0.1) is 0 Å². The number of H-pyrrole nitrogens is 1. The van der Waals surface area contributed by atoms with Gasteiger partial charge in [0.25, 0.3) is 0 Å².